The first-order chi connectivity index (χ1) is 15.1. The molecule has 0 atom stereocenters. The van der Waals surface area contributed by atoms with Gasteiger partial charge < -0.3 is 15.0 Å². The van der Waals surface area contributed by atoms with Crippen molar-refractivity contribution in [3.8, 4) is 0 Å². The lowest BCUT2D eigenvalue weighted by molar-refractivity contribution is 0.102. The van der Waals surface area contributed by atoms with Crippen molar-refractivity contribution in [3.63, 3.8) is 0 Å². The Kier molecular flexibility index (Phi) is 7.32. The summed E-state index contributed by atoms with van der Waals surface area (Å²) in [7, 11) is -4.08. The van der Waals surface area contributed by atoms with Gasteiger partial charge in [0.05, 0.1) is 22.2 Å². The number of sulfone groups is 1. The summed E-state index contributed by atoms with van der Waals surface area (Å²) in [5, 5.41) is 2.66. The van der Waals surface area contributed by atoms with Crippen LogP contribution in [0.2, 0.25) is 0 Å². The molecular weight excluding hydrogens is 454 g/mol. The Balaban J connectivity index is 1.68. The normalized spacial score (nSPS) is 15.8. The van der Waals surface area contributed by atoms with E-state index in [1.54, 1.807) is 0 Å². The summed E-state index contributed by atoms with van der Waals surface area (Å²) in [6.45, 7) is 0.860. The number of hydrogen-bond acceptors (Lipinski definition) is 6. The minimum absolute atomic E-state index is 0.0360. The van der Waals surface area contributed by atoms with Gasteiger partial charge in [0.15, 0.2) is 9.84 Å². The van der Waals surface area contributed by atoms with Gasteiger partial charge in [0.25, 0.3) is 15.9 Å². The van der Waals surface area contributed by atoms with E-state index in [0.29, 0.717) is 17.9 Å². The van der Waals surface area contributed by atoms with Crippen molar-refractivity contribution in [3.05, 3.63) is 54.1 Å². The average Bonchev–Trinajstić information content (AvgIpc) is 3.16. The number of sulfonamides is 1. The highest BCUT2D eigenvalue weighted by molar-refractivity contribution is 7.91. The second-order valence-corrected chi connectivity index (χ2v) is 11.0. The molecule has 0 aromatic heterocycles. The third kappa shape index (κ3) is 5.72. The summed E-state index contributed by atoms with van der Waals surface area (Å²) in [6.07, 6.45) is 1.49. The van der Waals surface area contributed by atoms with Gasteiger partial charge >= 0.3 is 0 Å². The molecule has 0 spiro atoms. The molecule has 0 radical (unpaired) electrons. The maximum atomic E-state index is 12.5. The number of amides is 1. The van der Waals surface area contributed by atoms with Crippen LogP contribution in [-0.2, 0) is 24.6 Å². The molecule has 0 aliphatic carbocycles. The van der Waals surface area contributed by atoms with Gasteiger partial charge in [-0.05, 0) is 55.0 Å². The molecule has 2 aromatic carbocycles. The molecule has 1 aliphatic rings. The third-order valence-electron chi connectivity index (χ3n) is 5.00. The van der Waals surface area contributed by atoms with E-state index in [9.17, 15) is 21.6 Å². The summed E-state index contributed by atoms with van der Waals surface area (Å²) in [4.78, 5) is 14.4. The lowest BCUT2D eigenvalue weighted by Gasteiger charge is -2.11. The topological polar surface area (TPSA) is 122 Å². The van der Waals surface area contributed by atoms with E-state index >= 15 is 0 Å². The van der Waals surface area contributed by atoms with Crippen molar-refractivity contribution in [1.82, 2.24) is 4.90 Å². The van der Waals surface area contributed by atoms with E-state index in [0.717, 1.165) is 13.0 Å². The minimum atomic E-state index is -3.83. The molecule has 11 heteroatoms. The smallest absolute Gasteiger partial charge is 0.283 e. The number of amidine groups is 1. The standard InChI is InChI=1S/C21H25N3O6S2/c1-24-13-3-4-20(24)23-32(28,29)19-11-7-17(8-12-19)22-21(25)16-5-9-18(10-6-16)31(26,27)15-14-30-2/h5-12H,3-4,13-15H2,1-2H3,(H,22,25)/b23-20-. The highest BCUT2D eigenvalue weighted by Crippen LogP contribution is 2.20. The zero-order valence-electron chi connectivity index (χ0n) is 17.8. The SMILES string of the molecule is COCCS(=O)(=O)c1ccc(C(=O)Nc2ccc(S(=O)(=O)/N=C3/CCCN3C)cc2)cc1. The van der Waals surface area contributed by atoms with Gasteiger partial charge in [-0.15, -0.1) is 4.40 Å². The van der Waals surface area contributed by atoms with Crippen LogP contribution >= 0.6 is 0 Å². The zero-order valence-corrected chi connectivity index (χ0v) is 19.4. The summed E-state index contributed by atoms with van der Waals surface area (Å²) in [6, 6.07) is 11.3. The minimum Gasteiger partial charge on any atom is -0.384 e. The van der Waals surface area contributed by atoms with E-state index in [-0.39, 0.29) is 27.7 Å². The molecule has 0 unspecified atom stereocenters. The lowest BCUT2D eigenvalue weighted by atomic mass is 10.2. The van der Waals surface area contributed by atoms with Crippen molar-refractivity contribution in [2.24, 2.45) is 4.40 Å². The van der Waals surface area contributed by atoms with Crippen molar-refractivity contribution in [2.75, 3.05) is 38.4 Å². The summed E-state index contributed by atoms with van der Waals surface area (Å²) >= 11 is 0. The molecule has 3 rings (SSSR count). The first-order valence-electron chi connectivity index (χ1n) is 9.90. The molecule has 0 saturated carbocycles. The Morgan fingerprint density at radius 2 is 1.66 bits per heavy atom. The van der Waals surface area contributed by atoms with Crippen LogP contribution in [-0.4, -0.2) is 66.5 Å². The van der Waals surface area contributed by atoms with Crippen LogP contribution < -0.4 is 5.32 Å². The molecule has 32 heavy (non-hydrogen) atoms. The molecule has 1 amide bonds. The summed E-state index contributed by atoms with van der Waals surface area (Å²) in [5.74, 6) is -0.0594. The van der Waals surface area contributed by atoms with E-state index < -0.39 is 25.8 Å². The predicted octanol–water partition coefficient (Wildman–Crippen LogP) is 2.17. The number of carbonyl (C=O) groups is 1. The molecule has 0 bridgehead atoms. The van der Waals surface area contributed by atoms with E-state index in [2.05, 4.69) is 9.71 Å². The van der Waals surface area contributed by atoms with Crippen LogP contribution in [0, 0.1) is 0 Å². The molecule has 1 aliphatic heterocycles. The van der Waals surface area contributed by atoms with Gasteiger partial charge in [0.2, 0.25) is 0 Å². The number of methoxy groups -OCH3 is 1. The van der Waals surface area contributed by atoms with Gasteiger partial charge in [0.1, 0.15) is 5.84 Å². The number of benzene rings is 2. The molecule has 2 aromatic rings. The molecule has 9 nitrogen and oxygen atoms in total. The fourth-order valence-corrected chi connectivity index (χ4v) is 5.41. The molecule has 1 heterocycles. The molecule has 1 N–H and O–H groups in total. The highest BCUT2D eigenvalue weighted by atomic mass is 32.2. The van der Waals surface area contributed by atoms with Gasteiger partial charge in [-0.1, -0.05) is 0 Å². The Bertz CT molecular complexity index is 1210. The monoisotopic (exact) mass is 479 g/mol. The number of carbonyl (C=O) groups excluding carboxylic acids is 1. The second-order valence-electron chi connectivity index (χ2n) is 7.32. The molecular formula is C21H25N3O6S2. The van der Waals surface area contributed by atoms with Crippen LogP contribution in [0.15, 0.2) is 62.7 Å². The third-order valence-corrected chi connectivity index (χ3v) is 8.02. The largest absolute Gasteiger partial charge is 0.384 e. The van der Waals surface area contributed by atoms with E-state index in [1.807, 2.05) is 11.9 Å². The highest BCUT2D eigenvalue weighted by Gasteiger charge is 2.20. The number of hydrogen-bond donors (Lipinski definition) is 1. The first-order valence-corrected chi connectivity index (χ1v) is 13.0. The van der Waals surface area contributed by atoms with E-state index in [4.69, 9.17) is 4.74 Å². The number of nitrogens with zero attached hydrogens (tertiary/aromatic N) is 2. The fraction of sp³-hybridized carbons (Fsp3) is 0.333. The van der Waals surface area contributed by atoms with Crippen molar-refractivity contribution < 1.29 is 26.4 Å². The van der Waals surface area contributed by atoms with Gasteiger partial charge in [-0.3, -0.25) is 4.79 Å². The molecule has 1 saturated heterocycles. The maximum absolute atomic E-state index is 12.5. The number of anilines is 1. The van der Waals surface area contributed by atoms with Gasteiger partial charge in [-0.2, -0.15) is 8.42 Å². The van der Waals surface area contributed by atoms with Crippen LogP contribution in [0.1, 0.15) is 23.2 Å². The first kappa shape index (κ1) is 23.9. The molecule has 1 fully saturated rings. The van der Waals surface area contributed by atoms with Crippen LogP contribution in [0.5, 0.6) is 0 Å². The number of nitrogens with one attached hydrogen (secondary N) is 1. The zero-order chi connectivity index (χ0) is 23.4. The fourth-order valence-electron chi connectivity index (χ4n) is 3.14. The lowest BCUT2D eigenvalue weighted by Crippen LogP contribution is -2.20. The van der Waals surface area contributed by atoms with E-state index in [1.165, 1.54) is 55.6 Å². The summed E-state index contributed by atoms with van der Waals surface area (Å²) < 4.78 is 58.1. The van der Waals surface area contributed by atoms with Gasteiger partial charge in [-0.25, -0.2) is 8.42 Å². The van der Waals surface area contributed by atoms with Crippen LogP contribution in [0.4, 0.5) is 5.69 Å². The summed E-state index contributed by atoms with van der Waals surface area (Å²) in [5.41, 5.74) is 0.666. The quantitative estimate of drug-likeness (QED) is 0.616. The second kappa shape index (κ2) is 9.80. The Labute approximate surface area is 188 Å². The number of likely N-dealkylation sites (tertiary alicyclic amines) is 1. The molecule has 172 valence electrons. The maximum Gasteiger partial charge on any atom is 0.283 e. The van der Waals surface area contributed by atoms with Crippen molar-refractivity contribution in [1.29, 1.82) is 0 Å². The number of ether oxygens (including phenoxy) is 1. The Morgan fingerprint density at radius 3 is 2.22 bits per heavy atom. The predicted molar refractivity (Wildman–Crippen MR) is 121 cm³/mol. The van der Waals surface area contributed by atoms with Crippen molar-refractivity contribution >= 4 is 37.3 Å². The number of rotatable bonds is 8. The van der Waals surface area contributed by atoms with Crippen LogP contribution in [0.25, 0.3) is 0 Å². The average molecular weight is 480 g/mol. The van der Waals surface area contributed by atoms with Crippen LogP contribution in [0.3, 0.4) is 0 Å². The van der Waals surface area contributed by atoms with Gasteiger partial charge in [0, 0.05) is 38.4 Å². The van der Waals surface area contributed by atoms with Crippen molar-refractivity contribution in [2.45, 2.75) is 22.6 Å². The Morgan fingerprint density at radius 1 is 1.03 bits per heavy atom. The Hall–Kier alpha value is -2.76.